The lowest BCUT2D eigenvalue weighted by atomic mass is 9.96. The standard InChI is InChI=1S/C12H15NO2/c1-8-10-7-12(15-3)11(14-2)6-9(10)4-5-13-8/h5-8H,4H2,1-3H3. The van der Waals surface area contributed by atoms with Gasteiger partial charge < -0.3 is 9.47 Å². The first-order chi connectivity index (χ1) is 7.26. The molecular formula is C12H15NO2. The largest absolute Gasteiger partial charge is 0.493 e. The Kier molecular flexibility index (Phi) is 2.62. The summed E-state index contributed by atoms with van der Waals surface area (Å²) in [4.78, 5) is 4.38. The fourth-order valence-electron chi connectivity index (χ4n) is 1.89. The highest BCUT2D eigenvalue weighted by Crippen LogP contribution is 2.35. The summed E-state index contributed by atoms with van der Waals surface area (Å²) < 4.78 is 10.5. The van der Waals surface area contributed by atoms with Crippen LogP contribution in [0.5, 0.6) is 11.5 Å². The van der Waals surface area contributed by atoms with Crippen molar-refractivity contribution in [2.24, 2.45) is 4.99 Å². The van der Waals surface area contributed by atoms with Crippen LogP contribution in [0.1, 0.15) is 24.1 Å². The minimum Gasteiger partial charge on any atom is -0.493 e. The third kappa shape index (κ3) is 1.69. The number of aliphatic imine (C=N–C) groups is 1. The molecule has 2 rings (SSSR count). The Hall–Kier alpha value is -1.51. The van der Waals surface area contributed by atoms with Gasteiger partial charge in [0.25, 0.3) is 0 Å². The summed E-state index contributed by atoms with van der Waals surface area (Å²) in [7, 11) is 3.31. The van der Waals surface area contributed by atoms with E-state index in [0.29, 0.717) is 0 Å². The topological polar surface area (TPSA) is 30.8 Å². The van der Waals surface area contributed by atoms with Gasteiger partial charge in [0.2, 0.25) is 0 Å². The van der Waals surface area contributed by atoms with Crippen LogP contribution >= 0.6 is 0 Å². The third-order valence-corrected chi connectivity index (χ3v) is 2.74. The van der Waals surface area contributed by atoms with E-state index in [1.807, 2.05) is 18.3 Å². The van der Waals surface area contributed by atoms with E-state index in [9.17, 15) is 0 Å². The highest BCUT2D eigenvalue weighted by atomic mass is 16.5. The first-order valence-electron chi connectivity index (χ1n) is 5.02. The maximum absolute atomic E-state index is 5.27. The minimum absolute atomic E-state index is 0.216. The lowest BCUT2D eigenvalue weighted by molar-refractivity contribution is 0.354. The molecule has 0 saturated carbocycles. The quantitative estimate of drug-likeness (QED) is 0.742. The summed E-state index contributed by atoms with van der Waals surface area (Å²) in [5, 5.41) is 0. The van der Waals surface area contributed by atoms with E-state index in [1.54, 1.807) is 14.2 Å². The van der Waals surface area contributed by atoms with Gasteiger partial charge in [0.15, 0.2) is 11.5 Å². The van der Waals surface area contributed by atoms with E-state index >= 15 is 0 Å². The van der Waals surface area contributed by atoms with Gasteiger partial charge in [0, 0.05) is 12.6 Å². The highest BCUT2D eigenvalue weighted by molar-refractivity contribution is 5.67. The normalized spacial score (nSPS) is 18.5. The monoisotopic (exact) mass is 205 g/mol. The van der Waals surface area contributed by atoms with E-state index in [0.717, 1.165) is 17.9 Å². The van der Waals surface area contributed by atoms with Crippen LogP contribution in [0, 0.1) is 0 Å². The van der Waals surface area contributed by atoms with Crippen molar-refractivity contribution in [1.82, 2.24) is 0 Å². The van der Waals surface area contributed by atoms with Crippen LogP contribution in [-0.4, -0.2) is 20.4 Å². The fourth-order valence-corrected chi connectivity index (χ4v) is 1.89. The molecule has 0 fully saturated rings. The molecule has 0 radical (unpaired) electrons. The number of nitrogens with zero attached hydrogens (tertiary/aromatic N) is 1. The van der Waals surface area contributed by atoms with Crippen LogP contribution in [0.2, 0.25) is 0 Å². The maximum Gasteiger partial charge on any atom is 0.161 e. The van der Waals surface area contributed by atoms with Crippen molar-refractivity contribution in [2.75, 3.05) is 14.2 Å². The zero-order valence-electron chi connectivity index (χ0n) is 9.28. The second-order valence-corrected chi connectivity index (χ2v) is 3.62. The molecule has 0 bridgehead atoms. The number of fused-ring (bicyclic) bond motifs is 1. The summed E-state index contributed by atoms with van der Waals surface area (Å²) in [5.41, 5.74) is 2.50. The lowest BCUT2D eigenvalue weighted by Gasteiger charge is -2.19. The molecule has 0 N–H and O–H groups in total. The molecule has 3 nitrogen and oxygen atoms in total. The van der Waals surface area contributed by atoms with Gasteiger partial charge in [-0.05, 0) is 30.2 Å². The molecule has 3 heteroatoms. The summed E-state index contributed by atoms with van der Waals surface area (Å²) in [6.07, 6.45) is 2.83. The van der Waals surface area contributed by atoms with Crippen LogP contribution in [-0.2, 0) is 6.42 Å². The van der Waals surface area contributed by atoms with E-state index in [-0.39, 0.29) is 6.04 Å². The Balaban J connectivity index is 2.51. The Morgan fingerprint density at radius 2 is 1.87 bits per heavy atom. The van der Waals surface area contributed by atoms with Gasteiger partial charge >= 0.3 is 0 Å². The van der Waals surface area contributed by atoms with Crippen LogP contribution in [0.3, 0.4) is 0 Å². The molecule has 0 aromatic heterocycles. The van der Waals surface area contributed by atoms with Gasteiger partial charge in [-0.15, -0.1) is 0 Å². The van der Waals surface area contributed by atoms with E-state index in [1.165, 1.54) is 11.1 Å². The molecule has 1 aliphatic rings. The third-order valence-electron chi connectivity index (χ3n) is 2.74. The summed E-state index contributed by atoms with van der Waals surface area (Å²) >= 11 is 0. The van der Waals surface area contributed by atoms with Gasteiger partial charge in [-0.25, -0.2) is 0 Å². The highest BCUT2D eigenvalue weighted by Gasteiger charge is 2.17. The van der Waals surface area contributed by atoms with Crippen molar-refractivity contribution in [3.05, 3.63) is 23.3 Å². The van der Waals surface area contributed by atoms with E-state index in [4.69, 9.17) is 9.47 Å². The van der Waals surface area contributed by atoms with Crippen LogP contribution < -0.4 is 9.47 Å². The second kappa shape index (κ2) is 3.93. The van der Waals surface area contributed by atoms with Crippen molar-refractivity contribution in [3.63, 3.8) is 0 Å². The molecule has 1 aromatic rings. The van der Waals surface area contributed by atoms with E-state index in [2.05, 4.69) is 11.9 Å². The molecule has 1 heterocycles. The van der Waals surface area contributed by atoms with Gasteiger partial charge in [0.05, 0.1) is 20.3 Å². The first kappa shape index (κ1) is 10.0. The Morgan fingerprint density at radius 1 is 1.20 bits per heavy atom. The number of hydrogen-bond acceptors (Lipinski definition) is 3. The maximum atomic E-state index is 5.27. The number of hydrogen-bond donors (Lipinski definition) is 0. The van der Waals surface area contributed by atoms with Crippen molar-refractivity contribution in [2.45, 2.75) is 19.4 Å². The average Bonchev–Trinajstić information content (AvgIpc) is 2.28. The van der Waals surface area contributed by atoms with Crippen molar-refractivity contribution in [3.8, 4) is 11.5 Å². The fraction of sp³-hybridized carbons (Fsp3) is 0.417. The molecular weight excluding hydrogens is 190 g/mol. The minimum atomic E-state index is 0.216. The average molecular weight is 205 g/mol. The lowest BCUT2D eigenvalue weighted by Crippen LogP contribution is -2.06. The Morgan fingerprint density at radius 3 is 2.53 bits per heavy atom. The number of rotatable bonds is 2. The first-order valence-corrected chi connectivity index (χ1v) is 5.02. The molecule has 80 valence electrons. The molecule has 1 unspecified atom stereocenters. The zero-order valence-corrected chi connectivity index (χ0v) is 9.28. The van der Waals surface area contributed by atoms with Gasteiger partial charge in [-0.2, -0.15) is 0 Å². The molecule has 0 spiro atoms. The molecule has 15 heavy (non-hydrogen) atoms. The molecule has 1 aromatic carbocycles. The summed E-state index contributed by atoms with van der Waals surface area (Å²) in [6, 6.07) is 4.28. The van der Waals surface area contributed by atoms with E-state index < -0.39 is 0 Å². The van der Waals surface area contributed by atoms with Crippen molar-refractivity contribution < 1.29 is 9.47 Å². The number of methoxy groups -OCH3 is 2. The molecule has 0 saturated heterocycles. The Labute approximate surface area is 89.7 Å². The van der Waals surface area contributed by atoms with Crippen LogP contribution in [0.15, 0.2) is 17.1 Å². The SMILES string of the molecule is COc1cc2c(cc1OC)C(C)N=CC2. The van der Waals surface area contributed by atoms with Gasteiger partial charge in [-0.1, -0.05) is 0 Å². The second-order valence-electron chi connectivity index (χ2n) is 3.62. The zero-order chi connectivity index (χ0) is 10.8. The number of benzene rings is 1. The van der Waals surface area contributed by atoms with Gasteiger partial charge in [0.1, 0.15) is 0 Å². The molecule has 0 aliphatic carbocycles. The van der Waals surface area contributed by atoms with Crippen molar-refractivity contribution >= 4 is 6.21 Å². The van der Waals surface area contributed by atoms with Crippen LogP contribution in [0.25, 0.3) is 0 Å². The molecule has 1 atom stereocenters. The smallest absolute Gasteiger partial charge is 0.161 e. The predicted octanol–water partition coefficient (Wildman–Crippen LogP) is 2.39. The predicted molar refractivity (Wildman–Crippen MR) is 60.2 cm³/mol. The number of ether oxygens (including phenoxy) is 2. The Bertz CT molecular complexity index is 399. The van der Waals surface area contributed by atoms with Crippen LogP contribution in [0.4, 0.5) is 0 Å². The van der Waals surface area contributed by atoms with Crippen molar-refractivity contribution in [1.29, 1.82) is 0 Å². The summed E-state index contributed by atoms with van der Waals surface area (Å²) in [6.45, 7) is 2.08. The molecule has 0 amide bonds. The van der Waals surface area contributed by atoms with Gasteiger partial charge in [-0.3, -0.25) is 4.99 Å². The molecule has 1 aliphatic heterocycles. The summed E-state index contributed by atoms with van der Waals surface area (Å²) in [5.74, 6) is 1.57.